The van der Waals surface area contributed by atoms with Crippen molar-refractivity contribution in [2.24, 2.45) is 0 Å². The van der Waals surface area contributed by atoms with Crippen LogP contribution in [0.3, 0.4) is 0 Å². The number of rotatable bonds is 4. The molecule has 0 bridgehead atoms. The molecule has 0 aliphatic rings. The van der Waals surface area contributed by atoms with Crippen LogP contribution in [0.2, 0.25) is 5.15 Å². The van der Waals surface area contributed by atoms with Crippen LogP contribution < -0.4 is 5.32 Å². The molecule has 0 radical (unpaired) electrons. The third-order valence-corrected chi connectivity index (χ3v) is 1.87. The molecular formula is C9H12ClN3O2. The molecule has 0 spiro atoms. The van der Waals surface area contributed by atoms with Crippen LogP contribution in [-0.2, 0) is 4.79 Å². The zero-order valence-corrected chi connectivity index (χ0v) is 9.03. The zero-order chi connectivity index (χ0) is 11.3. The van der Waals surface area contributed by atoms with Crippen molar-refractivity contribution in [1.82, 2.24) is 9.97 Å². The first-order valence-electron chi connectivity index (χ1n) is 4.54. The van der Waals surface area contributed by atoms with Gasteiger partial charge < -0.3 is 5.11 Å². The molecule has 0 fully saturated rings. The molecule has 1 rings (SSSR count). The van der Waals surface area contributed by atoms with E-state index in [-0.39, 0.29) is 23.4 Å². The summed E-state index contributed by atoms with van der Waals surface area (Å²) in [6, 6.07) is 1.52. The molecule has 1 heterocycles. The van der Waals surface area contributed by atoms with Gasteiger partial charge in [0.1, 0.15) is 5.15 Å². The number of carbonyl (C=O) groups is 1. The Hall–Kier alpha value is -1.20. The van der Waals surface area contributed by atoms with Gasteiger partial charge in [0.05, 0.1) is 6.10 Å². The van der Waals surface area contributed by atoms with Crippen molar-refractivity contribution in [2.75, 3.05) is 5.32 Å². The minimum absolute atomic E-state index is 0.179. The van der Waals surface area contributed by atoms with E-state index < -0.39 is 6.10 Å². The topological polar surface area (TPSA) is 75.1 Å². The first-order chi connectivity index (χ1) is 7.08. The first kappa shape index (κ1) is 11.9. The van der Waals surface area contributed by atoms with E-state index in [1.54, 1.807) is 6.92 Å². The summed E-state index contributed by atoms with van der Waals surface area (Å²) in [4.78, 5) is 18.9. The first-order valence-corrected chi connectivity index (χ1v) is 4.92. The number of amides is 1. The fourth-order valence-corrected chi connectivity index (χ4v) is 1.06. The third kappa shape index (κ3) is 4.71. The molecule has 1 atom stereocenters. The largest absolute Gasteiger partial charge is 0.393 e. The zero-order valence-electron chi connectivity index (χ0n) is 8.27. The molecule has 1 aromatic rings. The minimum atomic E-state index is -0.490. The Morgan fingerprint density at radius 3 is 3.07 bits per heavy atom. The van der Waals surface area contributed by atoms with Crippen LogP contribution in [0.4, 0.5) is 5.95 Å². The Balaban J connectivity index is 2.44. The second-order valence-electron chi connectivity index (χ2n) is 3.14. The number of anilines is 1. The van der Waals surface area contributed by atoms with Gasteiger partial charge in [0.25, 0.3) is 0 Å². The maximum absolute atomic E-state index is 11.3. The number of aliphatic hydroxyl groups is 1. The summed E-state index contributed by atoms with van der Waals surface area (Å²) in [6.07, 6.45) is 1.61. The minimum Gasteiger partial charge on any atom is -0.393 e. The number of nitrogens with one attached hydrogen (secondary N) is 1. The van der Waals surface area contributed by atoms with Gasteiger partial charge in [-0.25, -0.2) is 9.97 Å². The van der Waals surface area contributed by atoms with E-state index in [0.717, 1.165) is 0 Å². The second kappa shape index (κ2) is 5.63. The van der Waals surface area contributed by atoms with Crippen molar-refractivity contribution in [1.29, 1.82) is 0 Å². The lowest BCUT2D eigenvalue weighted by Crippen LogP contribution is -2.15. The predicted octanol–water partition coefficient (Wildman–Crippen LogP) is 1.23. The van der Waals surface area contributed by atoms with E-state index in [1.807, 2.05) is 0 Å². The maximum atomic E-state index is 11.3. The van der Waals surface area contributed by atoms with Gasteiger partial charge in [-0.15, -0.1) is 0 Å². The Morgan fingerprint density at radius 1 is 1.73 bits per heavy atom. The maximum Gasteiger partial charge on any atom is 0.230 e. The average Bonchev–Trinajstić information content (AvgIpc) is 2.15. The Morgan fingerprint density at radius 2 is 2.47 bits per heavy atom. The summed E-state index contributed by atoms with van der Waals surface area (Å²) in [5.41, 5.74) is 0. The molecule has 0 aliphatic heterocycles. The van der Waals surface area contributed by atoms with Crippen molar-refractivity contribution in [3.05, 3.63) is 17.4 Å². The van der Waals surface area contributed by atoms with E-state index in [4.69, 9.17) is 16.7 Å². The molecular weight excluding hydrogens is 218 g/mol. The number of aromatic nitrogens is 2. The number of carbonyl (C=O) groups excluding carboxylic acids is 1. The Kier molecular flexibility index (Phi) is 4.45. The highest BCUT2D eigenvalue weighted by atomic mass is 35.5. The predicted molar refractivity (Wildman–Crippen MR) is 56.6 cm³/mol. The van der Waals surface area contributed by atoms with Crippen LogP contribution in [0.1, 0.15) is 19.8 Å². The smallest absolute Gasteiger partial charge is 0.230 e. The highest BCUT2D eigenvalue weighted by Gasteiger charge is 2.06. The fraction of sp³-hybridized carbons (Fsp3) is 0.444. The molecule has 15 heavy (non-hydrogen) atoms. The van der Waals surface area contributed by atoms with Crippen molar-refractivity contribution < 1.29 is 9.90 Å². The van der Waals surface area contributed by atoms with Crippen LogP contribution in [0.15, 0.2) is 12.3 Å². The van der Waals surface area contributed by atoms with Gasteiger partial charge >= 0.3 is 0 Å². The highest BCUT2D eigenvalue weighted by molar-refractivity contribution is 6.29. The second-order valence-corrected chi connectivity index (χ2v) is 3.53. The Labute approximate surface area is 92.5 Å². The molecule has 6 heteroatoms. The molecule has 1 unspecified atom stereocenters. The summed E-state index contributed by atoms with van der Waals surface area (Å²) in [5, 5.41) is 11.7. The standard InChI is InChI=1S/C9H12ClN3O2/c1-6(14)2-3-8(15)13-9-11-5-4-7(10)12-9/h4-6,14H,2-3H2,1H3,(H,11,12,13,15). The number of hydrogen-bond donors (Lipinski definition) is 2. The average molecular weight is 230 g/mol. The lowest BCUT2D eigenvalue weighted by Gasteiger charge is -2.04. The fourth-order valence-electron chi connectivity index (χ4n) is 0.924. The van der Waals surface area contributed by atoms with E-state index >= 15 is 0 Å². The number of aliphatic hydroxyl groups excluding tert-OH is 1. The van der Waals surface area contributed by atoms with Gasteiger partial charge in [-0.05, 0) is 19.4 Å². The molecule has 2 N–H and O–H groups in total. The van der Waals surface area contributed by atoms with E-state index in [1.165, 1.54) is 12.3 Å². The number of halogens is 1. The molecule has 1 aromatic heterocycles. The normalized spacial score (nSPS) is 12.2. The lowest BCUT2D eigenvalue weighted by molar-refractivity contribution is -0.116. The molecule has 0 saturated carbocycles. The van der Waals surface area contributed by atoms with Crippen LogP contribution in [0.5, 0.6) is 0 Å². The Bertz CT molecular complexity index is 344. The van der Waals surface area contributed by atoms with Gasteiger partial charge in [0.15, 0.2) is 0 Å². The van der Waals surface area contributed by atoms with Crippen molar-refractivity contribution in [2.45, 2.75) is 25.9 Å². The summed E-state index contributed by atoms with van der Waals surface area (Å²) in [7, 11) is 0. The van der Waals surface area contributed by atoms with Crippen molar-refractivity contribution in [3.8, 4) is 0 Å². The number of nitrogens with zero attached hydrogens (tertiary/aromatic N) is 2. The van der Waals surface area contributed by atoms with E-state index in [9.17, 15) is 4.79 Å². The summed E-state index contributed by atoms with van der Waals surface area (Å²) in [6.45, 7) is 1.63. The van der Waals surface area contributed by atoms with Gasteiger partial charge in [0, 0.05) is 12.6 Å². The number of hydrogen-bond acceptors (Lipinski definition) is 4. The molecule has 0 saturated heterocycles. The molecule has 5 nitrogen and oxygen atoms in total. The van der Waals surface area contributed by atoms with Crippen molar-refractivity contribution >= 4 is 23.5 Å². The van der Waals surface area contributed by atoms with Gasteiger partial charge in [-0.2, -0.15) is 0 Å². The lowest BCUT2D eigenvalue weighted by atomic mass is 10.2. The molecule has 1 amide bonds. The van der Waals surface area contributed by atoms with E-state index in [0.29, 0.717) is 6.42 Å². The highest BCUT2D eigenvalue weighted by Crippen LogP contribution is 2.06. The van der Waals surface area contributed by atoms with E-state index in [2.05, 4.69) is 15.3 Å². The van der Waals surface area contributed by atoms with Crippen LogP contribution in [0, 0.1) is 0 Å². The van der Waals surface area contributed by atoms with Crippen LogP contribution in [0.25, 0.3) is 0 Å². The molecule has 0 aromatic carbocycles. The quantitative estimate of drug-likeness (QED) is 0.762. The molecule has 82 valence electrons. The summed E-state index contributed by atoms with van der Waals surface area (Å²) >= 11 is 5.61. The van der Waals surface area contributed by atoms with Crippen molar-refractivity contribution in [3.63, 3.8) is 0 Å². The summed E-state index contributed by atoms with van der Waals surface area (Å²) < 4.78 is 0. The summed E-state index contributed by atoms with van der Waals surface area (Å²) in [5.74, 6) is -0.0590. The van der Waals surface area contributed by atoms with Crippen LogP contribution in [-0.4, -0.2) is 27.1 Å². The molecule has 0 aliphatic carbocycles. The van der Waals surface area contributed by atoms with Gasteiger partial charge in [0.2, 0.25) is 11.9 Å². The van der Waals surface area contributed by atoms with Crippen LogP contribution >= 0.6 is 11.6 Å². The van der Waals surface area contributed by atoms with Gasteiger partial charge in [-0.3, -0.25) is 10.1 Å². The monoisotopic (exact) mass is 229 g/mol. The third-order valence-electron chi connectivity index (χ3n) is 1.66. The van der Waals surface area contributed by atoms with Gasteiger partial charge in [-0.1, -0.05) is 11.6 Å². The SMILES string of the molecule is CC(O)CCC(=O)Nc1nccc(Cl)n1.